The van der Waals surface area contributed by atoms with Crippen LogP contribution in [0.2, 0.25) is 0 Å². The highest BCUT2D eigenvalue weighted by Crippen LogP contribution is 2.27. The zero-order valence-electron chi connectivity index (χ0n) is 7.39. The van der Waals surface area contributed by atoms with Crippen LogP contribution in [0.4, 0.5) is 0 Å². The van der Waals surface area contributed by atoms with Crippen molar-refractivity contribution < 1.29 is 19.4 Å². The number of hydrogen-bond donors (Lipinski definition) is 1. The number of hydrogen-bond acceptors (Lipinski definition) is 5. The smallest absolute Gasteiger partial charge is 0.332 e. The molecule has 1 amide bonds. The van der Waals surface area contributed by atoms with Crippen LogP contribution in [-0.4, -0.2) is 46.3 Å². The van der Waals surface area contributed by atoms with Gasteiger partial charge in [-0.15, -0.1) is 11.8 Å². The standard InChI is InChI=1S/C7H11NO4S/c1-4(9)8-3-13-7(11)5(8)6(10)12-2/h5,7,11H,3H2,1-2H3. The Morgan fingerprint density at radius 1 is 1.62 bits per heavy atom. The molecule has 0 aromatic carbocycles. The van der Waals surface area contributed by atoms with E-state index in [1.165, 1.54) is 18.9 Å². The molecule has 2 unspecified atom stereocenters. The topological polar surface area (TPSA) is 66.8 Å². The van der Waals surface area contributed by atoms with Crippen LogP contribution in [0.1, 0.15) is 6.92 Å². The molecule has 1 fully saturated rings. The average Bonchev–Trinajstić information content (AvgIpc) is 2.46. The lowest BCUT2D eigenvalue weighted by molar-refractivity contribution is -0.152. The number of methoxy groups -OCH3 is 1. The molecule has 1 aliphatic rings. The normalized spacial score (nSPS) is 27.5. The highest BCUT2D eigenvalue weighted by Gasteiger charge is 2.41. The van der Waals surface area contributed by atoms with Crippen molar-refractivity contribution in [3.8, 4) is 0 Å². The number of aliphatic hydroxyl groups is 1. The Morgan fingerprint density at radius 3 is 2.69 bits per heavy atom. The predicted molar refractivity (Wildman–Crippen MR) is 46.8 cm³/mol. The number of aliphatic hydroxyl groups excluding tert-OH is 1. The Kier molecular flexibility index (Phi) is 3.16. The lowest BCUT2D eigenvalue weighted by Crippen LogP contribution is -2.44. The molecule has 6 heteroatoms. The van der Waals surface area contributed by atoms with Crippen molar-refractivity contribution >= 4 is 23.6 Å². The van der Waals surface area contributed by atoms with E-state index in [2.05, 4.69) is 4.74 Å². The maximum Gasteiger partial charge on any atom is 0.332 e. The van der Waals surface area contributed by atoms with Gasteiger partial charge in [0.05, 0.1) is 13.0 Å². The SMILES string of the molecule is COC(=O)C1C(O)SCN1C(C)=O. The first-order valence-corrected chi connectivity index (χ1v) is 4.77. The van der Waals surface area contributed by atoms with E-state index < -0.39 is 17.4 Å². The fourth-order valence-electron chi connectivity index (χ4n) is 1.13. The Morgan fingerprint density at radius 2 is 2.23 bits per heavy atom. The van der Waals surface area contributed by atoms with Crippen molar-refractivity contribution in [2.75, 3.05) is 13.0 Å². The summed E-state index contributed by atoms with van der Waals surface area (Å²) in [5.41, 5.74) is -0.878. The van der Waals surface area contributed by atoms with E-state index in [0.717, 1.165) is 11.8 Å². The third-order valence-corrected chi connectivity index (χ3v) is 2.86. The summed E-state index contributed by atoms with van der Waals surface area (Å²) >= 11 is 1.15. The van der Waals surface area contributed by atoms with Gasteiger partial charge in [-0.1, -0.05) is 0 Å². The van der Waals surface area contributed by atoms with Crippen LogP contribution in [0.15, 0.2) is 0 Å². The van der Waals surface area contributed by atoms with Crippen LogP contribution < -0.4 is 0 Å². The number of ether oxygens (including phenoxy) is 1. The second-order valence-electron chi connectivity index (χ2n) is 2.64. The van der Waals surface area contributed by atoms with Crippen molar-refractivity contribution in [1.82, 2.24) is 4.90 Å². The molecule has 0 radical (unpaired) electrons. The molecule has 1 heterocycles. The quantitative estimate of drug-likeness (QED) is 0.579. The summed E-state index contributed by atoms with van der Waals surface area (Å²) in [6.07, 6.45) is 0. The molecule has 1 aliphatic heterocycles. The molecule has 5 nitrogen and oxygen atoms in total. The summed E-state index contributed by atoms with van der Waals surface area (Å²) in [4.78, 5) is 23.5. The van der Waals surface area contributed by atoms with Gasteiger partial charge in [0.2, 0.25) is 5.91 Å². The summed E-state index contributed by atoms with van der Waals surface area (Å²) in [6, 6.07) is -0.854. The zero-order valence-corrected chi connectivity index (χ0v) is 8.21. The number of thioether (sulfide) groups is 1. The lowest BCUT2D eigenvalue weighted by Gasteiger charge is -2.21. The molecule has 74 valence electrons. The van der Waals surface area contributed by atoms with Crippen LogP contribution in [0.5, 0.6) is 0 Å². The minimum Gasteiger partial charge on any atom is -0.467 e. The van der Waals surface area contributed by atoms with E-state index in [4.69, 9.17) is 0 Å². The van der Waals surface area contributed by atoms with Crippen LogP contribution in [0.3, 0.4) is 0 Å². The average molecular weight is 205 g/mol. The van der Waals surface area contributed by atoms with Crippen molar-refractivity contribution in [2.45, 2.75) is 18.4 Å². The fraction of sp³-hybridized carbons (Fsp3) is 0.714. The van der Waals surface area contributed by atoms with Crippen molar-refractivity contribution in [2.24, 2.45) is 0 Å². The number of carbonyl (C=O) groups is 2. The minimum atomic E-state index is -0.878. The molecule has 0 aromatic heterocycles. The second-order valence-corrected chi connectivity index (χ2v) is 3.72. The third kappa shape index (κ3) is 1.94. The molecule has 13 heavy (non-hydrogen) atoms. The molecular formula is C7H11NO4S. The molecule has 0 bridgehead atoms. The van der Waals surface area contributed by atoms with Crippen LogP contribution in [0.25, 0.3) is 0 Å². The van der Waals surface area contributed by atoms with E-state index in [1.807, 2.05) is 0 Å². The number of esters is 1. The summed E-state index contributed by atoms with van der Waals surface area (Å²) in [7, 11) is 1.23. The molecule has 0 aliphatic carbocycles. The van der Waals surface area contributed by atoms with Gasteiger partial charge in [-0.05, 0) is 0 Å². The van der Waals surface area contributed by atoms with Gasteiger partial charge in [0.25, 0.3) is 0 Å². The van der Waals surface area contributed by atoms with Gasteiger partial charge in [-0.3, -0.25) is 4.79 Å². The van der Waals surface area contributed by atoms with Crippen LogP contribution >= 0.6 is 11.8 Å². The Hall–Kier alpha value is -0.750. The summed E-state index contributed by atoms with van der Waals surface area (Å²) in [5, 5.41) is 9.38. The van der Waals surface area contributed by atoms with E-state index in [9.17, 15) is 14.7 Å². The Bertz CT molecular complexity index is 233. The first kappa shape index (κ1) is 10.3. The minimum absolute atomic E-state index is 0.237. The number of carbonyl (C=O) groups excluding carboxylic acids is 2. The zero-order chi connectivity index (χ0) is 10.0. The number of rotatable bonds is 1. The largest absolute Gasteiger partial charge is 0.467 e. The van der Waals surface area contributed by atoms with Crippen LogP contribution in [0, 0.1) is 0 Å². The lowest BCUT2D eigenvalue weighted by atomic mass is 10.3. The van der Waals surface area contributed by atoms with Gasteiger partial charge in [-0.2, -0.15) is 0 Å². The monoisotopic (exact) mass is 205 g/mol. The van der Waals surface area contributed by atoms with Gasteiger partial charge >= 0.3 is 5.97 Å². The molecular weight excluding hydrogens is 194 g/mol. The molecule has 1 N–H and O–H groups in total. The summed E-state index contributed by atoms with van der Waals surface area (Å²) in [6.45, 7) is 1.36. The van der Waals surface area contributed by atoms with Gasteiger partial charge in [0, 0.05) is 6.92 Å². The highest BCUT2D eigenvalue weighted by molar-refractivity contribution is 8.00. The summed E-state index contributed by atoms with van der Waals surface area (Å²) < 4.78 is 4.48. The molecule has 0 spiro atoms. The van der Waals surface area contributed by atoms with Gasteiger partial charge in [0.15, 0.2) is 6.04 Å². The molecule has 0 saturated carbocycles. The highest BCUT2D eigenvalue weighted by atomic mass is 32.2. The molecule has 1 rings (SSSR count). The predicted octanol–water partition coefficient (Wildman–Crippen LogP) is -0.601. The Balaban J connectivity index is 2.76. The Labute approximate surface area is 80.0 Å². The van der Waals surface area contributed by atoms with Crippen molar-refractivity contribution in [3.63, 3.8) is 0 Å². The fourth-order valence-corrected chi connectivity index (χ4v) is 2.23. The second kappa shape index (κ2) is 3.97. The van der Waals surface area contributed by atoms with Crippen LogP contribution in [-0.2, 0) is 14.3 Å². The maximum atomic E-state index is 11.1. The third-order valence-electron chi connectivity index (χ3n) is 1.84. The van der Waals surface area contributed by atoms with Gasteiger partial charge < -0.3 is 14.7 Å². The number of amides is 1. The first-order valence-electron chi connectivity index (χ1n) is 3.72. The molecule has 1 saturated heterocycles. The molecule has 2 atom stereocenters. The molecule has 0 aromatic rings. The van der Waals surface area contributed by atoms with E-state index in [-0.39, 0.29) is 5.91 Å². The summed E-state index contributed by atoms with van der Waals surface area (Å²) in [5.74, 6) is -0.483. The maximum absolute atomic E-state index is 11.1. The van der Waals surface area contributed by atoms with Crippen molar-refractivity contribution in [1.29, 1.82) is 0 Å². The number of nitrogens with zero attached hydrogens (tertiary/aromatic N) is 1. The van der Waals surface area contributed by atoms with E-state index >= 15 is 0 Å². The van der Waals surface area contributed by atoms with Gasteiger partial charge in [0.1, 0.15) is 5.44 Å². The first-order chi connectivity index (χ1) is 6.07. The van der Waals surface area contributed by atoms with Crippen molar-refractivity contribution in [3.05, 3.63) is 0 Å². The van der Waals surface area contributed by atoms with E-state index in [0.29, 0.717) is 5.88 Å². The van der Waals surface area contributed by atoms with Gasteiger partial charge in [-0.25, -0.2) is 4.79 Å². The van der Waals surface area contributed by atoms with E-state index in [1.54, 1.807) is 0 Å².